The minimum atomic E-state index is 0.424. The lowest BCUT2D eigenvalue weighted by atomic mass is 9.97. The molecular weight excluding hydrogens is 208 g/mol. The fourth-order valence-corrected chi connectivity index (χ4v) is 2.64. The summed E-state index contributed by atoms with van der Waals surface area (Å²) in [7, 11) is 0. The minimum Gasteiger partial charge on any atom is -0.384 e. The predicted octanol–water partition coefficient (Wildman–Crippen LogP) is 3.02. The molecule has 1 aromatic carbocycles. The molecule has 15 heavy (non-hydrogen) atoms. The first kappa shape index (κ1) is 9.10. The van der Waals surface area contributed by atoms with Crippen LogP contribution in [0, 0.1) is 13.0 Å². The van der Waals surface area contributed by atoms with E-state index in [1.165, 1.54) is 22.2 Å². The van der Waals surface area contributed by atoms with E-state index in [1.54, 1.807) is 0 Å². The highest BCUT2D eigenvalue weighted by molar-refractivity contribution is 6.18. The summed E-state index contributed by atoms with van der Waals surface area (Å²) in [6.07, 6.45) is 2.03. The molecule has 0 unspecified atom stereocenters. The van der Waals surface area contributed by atoms with E-state index in [-0.39, 0.29) is 0 Å². The molecule has 77 valence electrons. The standard InChI is InChI=1S/C12H12ClN2/c1-7-5-14-9-2-3-10-12(11(7)9)8(4-13)6-15-10/h3,5,8,14-15H,4,6H2,1H3/t8-/m1/s1. The molecule has 3 heteroatoms. The number of alkyl halides is 1. The number of nitrogens with one attached hydrogen (secondary N) is 2. The number of hydrogen-bond acceptors (Lipinski definition) is 1. The second kappa shape index (κ2) is 3.17. The molecule has 1 radical (unpaired) electrons. The van der Waals surface area contributed by atoms with E-state index in [4.69, 9.17) is 11.6 Å². The van der Waals surface area contributed by atoms with Crippen molar-refractivity contribution in [1.29, 1.82) is 0 Å². The summed E-state index contributed by atoms with van der Waals surface area (Å²) in [5.41, 5.74) is 4.91. The van der Waals surface area contributed by atoms with Crippen molar-refractivity contribution in [3.05, 3.63) is 29.5 Å². The zero-order chi connectivity index (χ0) is 10.4. The highest BCUT2D eigenvalue weighted by Crippen LogP contribution is 2.38. The van der Waals surface area contributed by atoms with Crippen LogP contribution >= 0.6 is 11.6 Å². The first-order valence-electron chi connectivity index (χ1n) is 5.13. The van der Waals surface area contributed by atoms with Crippen molar-refractivity contribution >= 4 is 28.2 Å². The summed E-state index contributed by atoms with van der Waals surface area (Å²) in [4.78, 5) is 3.24. The summed E-state index contributed by atoms with van der Waals surface area (Å²) in [5.74, 6) is 1.09. The SMILES string of the molecule is Cc1c[nH]c2[c]cc3c(c12)[C@H](CCl)CN3. The van der Waals surface area contributed by atoms with Gasteiger partial charge in [-0.3, -0.25) is 0 Å². The summed E-state index contributed by atoms with van der Waals surface area (Å²) in [5, 5.41) is 4.68. The maximum Gasteiger partial charge on any atom is 0.0541 e. The van der Waals surface area contributed by atoms with Gasteiger partial charge in [-0.1, -0.05) is 0 Å². The summed E-state index contributed by atoms with van der Waals surface area (Å²) in [6, 6.07) is 5.27. The van der Waals surface area contributed by atoms with Crippen LogP contribution in [0.4, 0.5) is 5.69 Å². The summed E-state index contributed by atoms with van der Waals surface area (Å²) >= 11 is 5.99. The number of anilines is 1. The number of H-pyrrole nitrogens is 1. The molecule has 2 nitrogen and oxygen atoms in total. The van der Waals surface area contributed by atoms with Crippen molar-refractivity contribution in [3.63, 3.8) is 0 Å². The van der Waals surface area contributed by atoms with Gasteiger partial charge in [0, 0.05) is 41.7 Å². The third kappa shape index (κ3) is 1.18. The van der Waals surface area contributed by atoms with E-state index in [9.17, 15) is 0 Å². The quantitative estimate of drug-likeness (QED) is 0.709. The molecule has 1 aliphatic rings. The normalized spacial score (nSPS) is 19.2. The molecule has 1 aromatic heterocycles. The van der Waals surface area contributed by atoms with Crippen LogP contribution in [0.25, 0.3) is 10.9 Å². The van der Waals surface area contributed by atoms with Crippen LogP contribution in [-0.4, -0.2) is 17.4 Å². The zero-order valence-electron chi connectivity index (χ0n) is 8.52. The van der Waals surface area contributed by atoms with E-state index >= 15 is 0 Å². The van der Waals surface area contributed by atoms with Gasteiger partial charge in [0.25, 0.3) is 0 Å². The van der Waals surface area contributed by atoms with E-state index < -0.39 is 0 Å². The second-order valence-electron chi connectivity index (χ2n) is 4.07. The van der Waals surface area contributed by atoms with Crippen LogP contribution in [0.15, 0.2) is 12.3 Å². The highest BCUT2D eigenvalue weighted by atomic mass is 35.5. The third-order valence-corrected chi connectivity index (χ3v) is 3.50. The van der Waals surface area contributed by atoms with Crippen molar-refractivity contribution in [2.24, 2.45) is 0 Å². The minimum absolute atomic E-state index is 0.424. The van der Waals surface area contributed by atoms with Crippen molar-refractivity contribution in [2.75, 3.05) is 17.7 Å². The van der Waals surface area contributed by atoms with Crippen LogP contribution in [0.2, 0.25) is 0 Å². The van der Waals surface area contributed by atoms with E-state index in [2.05, 4.69) is 23.3 Å². The summed E-state index contributed by atoms with van der Waals surface area (Å²) < 4.78 is 0. The van der Waals surface area contributed by atoms with Gasteiger partial charge < -0.3 is 10.3 Å². The lowest BCUT2D eigenvalue weighted by molar-refractivity contribution is 0.868. The molecule has 1 atom stereocenters. The topological polar surface area (TPSA) is 27.8 Å². The fourth-order valence-electron chi connectivity index (χ4n) is 2.38. The Morgan fingerprint density at radius 2 is 2.47 bits per heavy atom. The van der Waals surface area contributed by atoms with Crippen LogP contribution in [0.5, 0.6) is 0 Å². The molecule has 0 fully saturated rings. The van der Waals surface area contributed by atoms with Gasteiger partial charge in [-0.2, -0.15) is 0 Å². The molecule has 0 spiro atoms. The van der Waals surface area contributed by atoms with Gasteiger partial charge in [0.15, 0.2) is 0 Å². The Hall–Kier alpha value is -1.15. The maximum absolute atomic E-state index is 5.99. The van der Waals surface area contributed by atoms with Crippen LogP contribution in [0.3, 0.4) is 0 Å². The molecular formula is C12H12ClN2. The predicted molar refractivity (Wildman–Crippen MR) is 63.8 cm³/mol. The molecule has 3 rings (SSSR count). The van der Waals surface area contributed by atoms with Crippen molar-refractivity contribution in [2.45, 2.75) is 12.8 Å². The lowest BCUT2D eigenvalue weighted by Crippen LogP contribution is -2.02. The van der Waals surface area contributed by atoms with E-state index in [0.29, 0.717) is 11.8 Å². The third-order valence-electron chi connectivity index (χ3n) is 3.13. The lowest BCUT2D eigenvalue weighted by Gasteiger charge is -2.07. The molecule has 2 heterocycles. The summed E-state index contributed by atoms with van der Waals surface area (Å²) in [6.45, 7) is 3.06. The number of rotatable bonds is 1. The van der Waals surface area contributed by atoms with Gasteiger partial charge in [-0.05, 0) is 24.1 Å². The Morgan fingerprint density at radius 3 is 3.27 bits per heavy atom. The molecule has 0 amide bonds. The zero-order valence-corrected chi connectivity index (χ0v) is 9.28. The largest absolute Gasteiger partial charge is 0.384 e. The number of halogens is 1. The second-order valence-corrected chi connectivity index (χ2v) is 4.38. The highest BCUT2D eigenvalue weighted by Gasteiger charge is 2.24. The smallest absolute Gasteiger partial charge is 0.0541 e. The number of benzene rings is 1. The first-order chi connectivity index (χ1) is 7.31. The van der Waals surface area contributed by atoms with Crippen molar-refractivity contribution in [3.8, 4) is 0 Å². The molecule has 1 aliphatic heterocycles. The Bertz CT molecular complexity index is 516. The van der Waals surface area contributed by atoms with Crippen LogP contribution < -0.4 is 5.32 Å². The average Bonchev–Trinajstić information content (AvgIpc) is 2.81. The van der Waals surface area contributed by atoms with Gasteiger partial charge >= 0.3 is 0 Å². The first-order valence-corrected chi connectivity index (χ1v) is 5.67. The van der Waals surface area contributed by atoms with Crippen molar-refractivity contribution in [1.82, 2.24) is 4.98 Å². The number of aryl methyl sites for hydroxylation is 1. The number of aromatic nitrogens is 1. The van der Waals surface area contributed by atoms with Gasteiger partial charge in [0.1, 0.15) is 0 Å². The molecule has 0 saturated heterocycles. The molecule has 0 saturated carbocycles. The maximum atomic E-state index is 5.99. The Kier molecular flexibility index (Phi) is 1.93. The van der Waals surface area contributed by atoms with Crippen LogP contribution in [0.1, 0.15) is 17.0 Å². The van der Waals surface area contributed by atoms with Gasteiger partial charge in [-0.15, -0.1) is 11.6 Å². The number of hydrogen-bond donors (Lipinski definition) is 2. The molecule has 0 bridgehead atoms. The Morgan fingerprint density at radius 1 is 1.60 bits per heavy atom. The van der Waals surface area contributed by atoms with Crippen molar-refractivity contribution < 1.29 is 0 Å². The van der Waals surface area contributed by atoms with Gasteiger partial charge in [0.05, 0.1) is 5.52 Å². The average molecular weight is 220 g/mol. The number of aromatic amines is 1. The molecule has 2 N–H and O–H groups in total. The van der Waals surface area contributed by atoms with Gasteiger partial charge in [-0.25, -0.2) is 0 Å². The fraction of sp³-hybridized carbons (Fsp3) is 0.333. The molecule has 0 aliphatic carbocycles. The number of fused-ring (bicyclic) bond motifs is 3. The van der Waals surface area contributed by atoms with E-state index in [0.717, 1.165) is 12.1 Å². The monoisotopic (exact) mass is 219 g/mol. The Balaban J connectivity index is 2.36. The molecule has 2 aromatic rings. The van der Waals surface area contributed by atoms with Gasteiger partial charge in [0.2, 0.25) is 0 Å². The van der Waals surface area contributed by atoms with Crippen LogP contribution in [-0.2, 0) is 0 Å². The van der Waals surface area contributed by atoms with E-state index in [1.807, 2.05) is 12.3 Å². The Labute approximate surface area is 93.6 Å².